The zero-order chi connectivity index (χ0) is 23.9. The number of aromatic nitrogens is 5. The van der Waals surface area contributed by atoms with Gasteiger partial charge in [0.25, 0.3) is 5.56 Å². The molecule has 0 saturated heterocycles. The maximum Gasteiger partial charge on any atom is 0.275 e. The molecular weight excluding hydrogens is 438 g/mol. The van der Waals surface area contributed by atoms with Crippen molar-refractivity contribution in [3.05, 3.63) is 88.7 Å². The number of hydrogen-bond acceptors (Lipinski definition) is 5. The molecule has 1 aliphatic carbocycles. The number of rotatable bonds is 4. The molecular formula is C28H27N5O2. The van der Waals surface area contributed by atoms with Crippen LogP contribution in [0.5, 0.6) is 0 Å². The summed E-state index contributed by atoms with van der Waals surface area (Å²) in [6, 6.07) is 14.0. The molecule has 176 valence electrons. The van der Waals surface area contributed by atoms with Crippen molar-refractivity contribution >= 4 is 21.5 Å². The number of benzene rings is 2. The minimum absolute atomic E-state index is 0.134. The smallest absolute Gasteiger partial charge is 0.275 e. The van der Waals surface area contributed by atoms with E-state index in [-0.39, 0.29) is 11.6 Å². The maximum absolute atomic E-state index is 13.6. The van der Waals surface area contributed by atoms with Crippen molar-refractivity contribution in [2.24, 2.45) is 7.05 Å². The lowest BCUT2D eigenvalue weighted by Gasteiger charge is -2.28. The zero-order valence-electron chi connectivity index (χ0n) is 19.6. The van der Waals surface area contributed by atoms with Gasteiger partial charge >= 0.3 is 0 Å². The lowest BCUT2D eigenvalue weighted by Crippen LogP contribution is -2.36. The summed E-state index contributed by atoms with van der Waals surface area (Å²) in [6.07, 6.45) is 11.0. The summed E-state index contributed by atoms with van der Waals surface area (Å²) in [5.41, 5.74) is 3.87. The van der Waals surface area contributed by atoms with E-state index in [1.165, 1.54) is 4.68 Å². The van der Waals surface area contributed by atoms with Crippen LogP contribution in [-0.4, -0.2) is 35.8 Å². The van der Waals surface area contributed by atoms with Gasteiger partial charge in [0.2, 0.25) is 0 Å². The van der Waals surface area contributed by atoms with Gasteiger partial charge in [0.05, 0.1) is 35.6 Å². The molecule has 0 aliphatic heterocycles. The van der Waals surface area contributed by atoms with Crippen LogP contribution in [0, 0.1) is 0 Å². The number of aliphatic hydroxyl groups excluding tert-OH is 1. The van der Waals surface area contributed by atoms with Crippen molar-refractivity contribution in [2.45, 2.75) is 44.2 Å². The van der Waals surface area contributed by atoms with Gasteiger partial charge in [-0.2, -0.15) is 10.2 Å². The fourth-order valence-electron chi connectivity index (χ4n) is 5.32. The molecule has 5 aromatic rings. The molecule has 2 aromatic carbocycles. The second kappa shape index (κ2) is 8.74. The summed E-state index contributed by atoms with van der Waals surface area (Å²) in [7, 11) is 1.89. The van der Waals surface area contributed by atoms with Gasteiger partial charge in [-0.05, 0) is 53.3 Å². The Kier molecular flexibility index (Phi) is 5.41. The Morgan fingerprint density at radius 3 is 2.51 bits per heavy atom. The molecule has 7 heteroatoms. The van der Waals surface area contributed by atoms with Crippen molar-refractivity contribution in [3.63, 3.8) is 0 Å². The van der Waals surface area contributed by atoms with E-state index in [0.717, 1.165) is 57.8 Å². The summed E-state index contributed by atoms with van der Waals surface area (Å²) < 4.78 is 3.27. The Morgan fingerprint density at radius 2 is 1.77 bits per heavy atom. The minimum atomic E-state index is -0.532. The van der Waals surface area contributed by atoms with E-state index in [9.17, 15) is 9.90 Å². The highest BCUT2D eigenvalue weighted by Crippen LogP contribution is 2.31. The first-order chi connectivity index (χ1) is 17.1. The number of hydrogen-bond donors (Lipinski definition) is 1. The van der Waals surface area contributed by atoms with Crippen LogP contribution in [0.25, 0.3) is 32.8 Å². The molecule has 0 spiro atoms. The third-order valence-electron chi connectivity index (χ3n) is 7.15. The maximum atomic E-state index is 13.6. The second-order valence-corrected chi connectivity index (χ2v) is 9.49. The predicted molar refractivity (Wildman–Crippen MR) is 136 cm³/mol. The number of fused-ring (bicyclic) bond motifs is 3. The van der Waals surface area contributed by atoms with Crippen LogP contribution < -0.4 is 5.56 Å². The molecule has 7 nitrogen and oxygen atoms in total. The third kappa shape index (κ3) is 3.91. The molecule has 35 heavy (non-hydrogen) atoms. The van der Waals surface area contributed by atoms with E-state index < -0.39 is 6.10 Å². The van der Waals surface area contributed by atoms with Crippen molar-refractivity contribution in [1.29, 1.82) is 0 Å². The number of aliphatic hydroxyl groups is 1. The SMILES string of the molecule is Cn1cc(-c2ccc(Cc3cc4c(=O)n(C5CCCCC5O)ncc4c4ccccc34)cn2)cn1. The van der Waals surface area contributed by atoms with Crippen LogP contribution in [0.1, 0.15) is 42.9 Å². The average molecular weight is 466 g/mol. The molecule has 3 heterocycles. The quantitative estimate of drug-likeness (QED) is 0.397. The summed E-state index contributed by atoms with van der Waals surface area (Å²) in [5.74, 6) is 0. The largest absolute Gasteiger partial charge is 0.391 e. The van der Waals surface area contributed by atoms with E-state index in [4.69, 9.17) is 0 Å². The first-order valence-corrected chi connectivity index (χ1v) is 12.1. The molecule has 0 bridgehead atoms. The average Bonchev–Trinajstić information content (AvgIpc) is 3.32. The molecule has 1 fully saturated rings. The Balaban J connectivity index is 1.43. The van der Waals surface area contributed by atoms with E-state index in [2.05, 4.69) is 27.3 Å². The second-order valence-electron chi connectivity index (χ2n) is 9.49. The van der Waals surface area contributed by atoms with Crippen molar-refractivity contribution in [3.8, 4) is 11.3 Å². The standard InChI is InChI=1S/C28H27N5O2/c1-32-17-20(15-30-32)25-11-10-18(14-29-25)12-19-13-23-24(22-7-3-2-6-21(19)22)16-31-33(28(23)35)26-8-4-5-9-27(26)34/h2-3,6-7,10-11,13-17,26-27,34H,4-5,8-9,12H2,1H3. The summed E-state index contributed by atoms with van der Waals surface area (Å²) >= 11 is 0. The Morgan fingerprint density at radius 1 is 0.943 bits per heavy atom. The molecule has 3 aromatic heterocycles. The highest BCUT2D eigenvalue weighted by molar-refractivity contribution is 6.08. The van der Waals surface area contributed by atoms with Crippen molar-refractivity contribution in [1.82, 2.24) is 24.5 Å². The number of pyridine rings is 1. The van der Waals surface area contributed by atoms with Crippen LogP contribution in [0.2, 0.25) is 0 Å². The summed E-state index contributed by atoms with van der Waals surface area (Å²) in [5, 5.41) is 22.9. The molecule has 1 saturated carbocycles. The van der Waals surface area contributed by atoms with Gasteiger partial charge in [0, 0.05) is 30.4 Å². The molecule has 2 unspecified atom stereocenters. The van der Waals surface area contributed by atoms with Gasteiger partial charge in [0.15, 0.2) is 0 Å². The predicted octanol–water partition coefficient (Wildman–Crippen LogP) is 4.41. The highest BCUT2D eigenvalue weighted by Gasteiger charge is 2.27. The van der Waals surface area contributed by atoms with Crippen LogP contribution in [0.4, 0.5) is 0 Å². The zero-order valence-corrected chi connectivity index (χ0v) is 19.6. The molecule has 0 radical (unpaired) electrons. The summed E-state index contributed by atoms with van der Waals surface area (Å²) in [4.78, 5) is 18.2. The molecule has 6 rings (SSSR count). The van der Waals surface area contributed by atoms with Crippen molar-refractivity contribution in [2.75, 3.05) is 0 Å². The highest BCUT2D eigenvalue weighted by atomic mass is 16.3. The molecule has 1 N–H and O–H groups in total. The topological polar surface area (TPSA) is 85.8 Å². The molecule has 2 atom stereocenters. The monoisotopic (exact) mass is 465 g/mol. The Hall–Kier alpha value is -3.84. The van der Waals surface area contributed by atoms with Gasteiger partial charge < -0.3 is 5.11 Å². The van der Waals surface area contributed by atoms with Gasteiger partial charge in [-0.15, -0.1) is 0 Å². The van der Waals surface area contributed by atoms with Crippen molar-refractivity contribution < 1.29 is 5.11 Å². The van der Waals surface area contributed by atoms with E-state index in [1.54, 1.807) is 17.1 Å². The first-order valence-electron chi connectivity index (χ1n) is 12.1. The number of aryl methyl sites for hydroxylation is 1. The van der Waals surface area contributed by atoms with Crippen LogP contribution in [0.15, 0.2) is 72.0 Å². The minimum Gasteiger partial charge on any atom is -0.391 e. The van der Waals surface area contributed by atoms with Crippen LogP contribution >= 0.6 is 0 Å². The summed E-state index contributed by atoms with van der Waals surface area (Å²) in [6.45, 7) is 0. The van der Waals surface area contributed by atoms with Crippen LogP contribution in [0.3, 0.4) is 0 Å². The van der Waals surface area contributed by atoms with Gasteiger partial charge in [-0.3, -0.25) is 14.5 Å². The normalized spacial score (nSPS) is 18.3. The van der Waals surface area contributed by atoms with E-state index in [1.807, 2.05) is 49.8 Å². The Labute approximate surface area is 202 Å². The third-order valence-corrected chi connectivity index (χ3v) is 7.15. The molecule has 1 aliphatic rings. The van der Waals surface area contributed by atoms with Gasteiger partial charge in [0.1, 0.15) is 0 Å². The van der Waals surface area contributed by atoms with E-state index in [0.29, 0.717) is 18.2 Å². The van der Waals surface area contributed by atoms with E-state index >= 15 is 0 Å². The number of nitrogens with zero attached hydrogens (tertiary/aromatic N) is 5. The first kappa shape index (κ1) is 21.7. The lowest BCUT2D eigenvalue weighted by molar-refractivity contribution is 0.0672. The fraction of sp³-hybridized carbons (Fsp3) is 0.286. The Bertz CT molecular complexity index is 1590. The van der Waals surface area contributed by atoms with Gasteiger partial charge in [-0.25, -0.2) is 4.68 Å². The fourth-order valence-corrected chi connectivity index (χ4v) is 5.32. The van der Waals surface area contributed by atoms with Gasteiger partial charge in [-0.1, -0.05) is 43.2 Å². The lowest BCUT2D eigenvalue weighted by atomic mass is 9.92. The van der Waals surface area contributed by atoms with Crippen LogP contribution in [-0.2, 0) is 13.5 Å². The molecule has 0 amide bonds.